The van der Waals surface area contributed by atoms with E-state index in [1.54, 1.807) is 12.1 Å². The van der Waals surface area contributed by atoms with Crippen LogP contribution in [0.2, 0.25) is 0 Å². The van der Waals surface area contributed by atoms with Crippen LogP contribution < -0.4 is 4.52 Å². The molecule has 78 valence electrons. The molecule has 1 aromatic carbocycles. The largest absolute Gasteiger partial charge is 0.406 e. The van der Waals surface area contributed by atoms with Crippen LogP contribution in [-0.2, 0) is 4.57 Å². The summed E-state index contributed by atoms with van der Waals surface area (Å²) in [4.78, 5) is 13.1. The second-order valence-corrected chi connectivity index (χ2v) is 5.03. The maximum Gasteiger partial charge on any atom is 0.374 e. The lowest BCUT2D eigenvalue weighted by atomic mass is 10.2. The first-order valence-corrected chi connectivity index (χ1v) is 6.43. The number of aromatic nitrogens is 1. The fourth-order valence-corrected chi connectivity index (χ4v) is 1.72. The van der Waals surface area contributed by atoms with Crippen LogP contribution in [0, 0.1) is 0 Å². The Labute approximate surface area is 87.1 Å². The summed E-state index contributed by atoms with van der Waals surface area (Å²) < 4.78 is 15.8. The quantitative estimate of drug-likeness (QED) is 0.794. The van der Waals surface area contributed by atoms with E-state index in [0.29, 0.717) is 0 Å². The minimum absolute atomic E-state index is 0.169. The fourth-order valence-electron chi connectivity index (χ4n) is 1.27. The molecule has 1 N–H and O–H groups in total. The summed E-state index contributed by atoms with van der Waals surface area (Å²) in [5, 5.41) is 0.966. The van der Waals surface area contributed by atoms with Gasteiger partial charge in [-0.05, 0) is 12.1 Å². The van der Waals surface area contributed by atoms with Crippen LogP contribution >= 0.6 is 7.60 Å². The van der Waals surface area contributed by atoms with Crippen molar-refractivity contribution in [1.29, 1.82) is 0 Å². The molecule has 0 saturated heterocycles. The molecule has 2 rings (SSSR count). The van der Waals surface area contributed by atoms with Crippen molar-refractivity contribution in [1.82, 2.24) is 4.98 Å². The zero-order valence-corrected chi connectivity index (χ0v) is 9.02. The van der Waals surface area contributed by atoms with E-state index in [2.05, 4.69) is 4.98 Å². The van der Waals surface area contributed by atoms with E-state index in [0.717, 1.165) is 17.6 Å². The topological polar surface area (TPSA) is 59.4 Å². The van der Waals surface area contributed by atoms with E-state index in [9.17, 15) is 4.57 Å². The number of benzene rings is 1. The minimum atomic E-state index is -3.53. The summed E-state index contributed by atoms with van der Waals surface area (Å²) in [6, 6.07) is 10.9. The summed E-state index contributed by atoms with van der Waals surface area (Å²) in [5.74, 6) is 0.169. The summed E-state index contributed by atoms with van der Waals surface area (Å²) in [6.45, 7) is 1.13. The smallest absolute Gasteiger partial charge is 0.374 e. The Morgan fingerprint density at radius 3 is 2.73 bits per heavy atom. The highest BCUT2D eigenvalue weighted by atomic mass is 31.2. The third-order valence-electron chi connectivity index (χ3n) is 1.84. The van der Waals surface area contributed by atoms with Gasteiger partial charge in [-0.15, -0.1) is 0 Å². The van der Waals surface area contributed by atoms with E-state index in [-0.39, 0.29) is 5.88 Å². The molecule has 0 aliphatic rings. The van der Waals surface area contributed by atoms with Crippen LogP contribution in [-0.4, -0.2) is 16.5 Å². The molecule has 0 saturated carbocycles. The van der Waals surface area contributed by atoms with Gasteiger partial charge < -0.3 is 9.42 Å². The number of rotatable bonds is 2. The van der Waals surface area contributed by atoms with Crippen molar-refractivity contribution in [2.24, 2.45) is 0 Å². The maximum atomic E-state index is 11.0. The molecule has 0 aliphatic carbocycles. The molecule has 0 spiro atoms. The van der Waals surface area contributed by atoms with Crippen LogP contribution in [0.1, 0.15) is 0 Å². The zero-order chi connectivity index (χ0) is 10.9. The number of hydrogen-bond donors (Lipinski definition) is 1. The van der Waals surface area contributed by atoms with Crippen molar-refractivity contribution in [3.8, 4) is 5.88 Å². The normalized spacial score (nSPS) is 14.8. The summed E-state index contributed by atoms with van der Waals surface area (Å²) in [7, 11) is -3.53. The van der Waals surface area contributed by atoms with Gasteiger partial charge in [0.05, 0.1) is 5.52 Å². The highest BCUT2D eigenvalue weighted by Crippen LogP contribution is 2.37. The predicted molar refractivity (Wildman–Crippen MR) is 58.1 cm³/mol. The molecule has 0 radical (unpaired) electrons. The van der Waals surface area contributed by atoms with Crippen molar-refractivity contribution in [2.45, 2.75) is 0 Å². The van der Waals surface area contributed by atoms with E-state index >= 15 is 0 Å². The minimum Gasteiger partial charge on any atom is -0.406 e. The van der Waals surface area contributed by atoms with Crippen LogP contribution in [0.3, 0.4) is 0 Å². The molecule has 1 aromatic heterocycles. The lowest BCUT2D eigenvalue weighted by Gasteiger charge is -2.07. The Morgan fingerprint density at radius 1 is 1.27 bits per heavy atom. The van der Waals surface area contributed by atoms with Crippen molar-refractivity contribution in [3.63, 3.8) is 0 Å². The molecular formula is C10H10NO3P. The molecule has 1 atom stereocenters. The monoisotopic (exact) mass is 223 g/mol. The molecule has 15 heavy (non-hydrogen) atoms. The number of fused-ring (bicyclic) bond motifs is 1. The van der Waals surface area contributed by atoms with Crippen LogP contribution in [0.4, 0.5) is 0 Å². The van der Waals surface area contributed by atoms with Gasteiger partial charge in [-0.25, -0.2) is 9.55 Å². The van der Waals surface area contributed by atoms with Crippen molar-refractivity contribution in [2.75, 3.05) is 6.66 Å². The molecule has 1 heterocycles. The molecule has 1 unspecified atom stereocenters. The van der Waals surface area contributed by atoms with E-state index in [1.165, 1.54) is 0 Å². The molecule has 0 bridgehead atoms. The summed E-state index contributed by atoms with van der Waals surface area (Å²) >= 11 is 0. The average Bonchev–Trinajstić information content (AvgIpc) is 2.15. The lowest BCUT2D eigenvalue weighted by molar-refractivity contribution is 0.382. The molecular weight excluding hydrogens is 213 g/mol. The Kier molecular flexibility index (Phi) is 2.47. The average molecular weight is 223 g/mol. The van der Waals surface area contributed by atoms with E-state index in [4.69, 9.17) is 9.42 Å². The SMILES string of the molecule is CP(=O)(O)Oc1ccc2ccccc2n1. The standard InChI is InChI=1S/C10H10NO3P/c1-15(12,13)14-10-7-6-8-4-2-3-5-9(8)11-10/h2-7H,1H3,(H,12,13). The highest BCUT2D eigenvalue weighted by molar-refractivity contribution is 7.52. The third-order valence-corrected chi connectivity index (χ3v) is 2.36. The number of pyridine rings is 1. The Balaban J connectivity index is 2.43. The first-order valence-electron chi connectivity index (χ1n) is 4.40. The maximum absolute atomic E-state index is 11.0. The van der Waals surface area contributed by atoms with Crippen LogP contribution in [0.5, 0.6) is 5.88 Å². The molecule has 5 heteroatoms. The van der Waals surface area contributed by atoms with Crippen LogP contribution in [0.15, 0.2) is 36.4 Å². The van der Waals surface area contributed by atoms with Gasteiger partial charge in [-0.3, -0.25) is 0 Å². The van der Waals surface area contributed by atoms with Crippen molar-refractivity contribution < 1.29 is 14.0 Å². The predicted octanol–water partition coefficient (Wildman–Crippen LogP) is 2.43. The fraction of sp³-hybridized carbons (Fsp3) is 0.100. The van der Waals surface area contributed by atoms with Gasteiger partial charge in [-0.2, -0.15) is 0 Å². The van der Waals surface area contributed by atoms with Gasteiger partial charge in [0, 0.05) is 18.1 Å². The van der Waals surface area contributed by atoms with E-state index in [1.807, 2.05) is 24.3 Å². The molecule has 0 aliphatic heterocycles. The van der Waals surface area contributed by atoms with Crippen molar-refractivity contribution in [3.05, 3.63) is 36.4 Å². The van der Waals surface area contributed by atoms with Crippen molar-refractivity contribution >= 4 is 18.5 Å². The number of para-hydroxylation sites is 1. The first-order chi connectivity index (χ1) is 7.04. The van der Waals surface area contributed by atoms with Gasteiger partial charge in [0.1, 0.15) is 0 Å². The highest BCUT2D eigenvalue weighted by Gasteiger charge is 2.12. The third kappa shape index (κ3) is 2.55. The van der Waals surface area contributed by atoms with Gasteiger partial charge in [0.15, 0.2) is 0 Å². The second kappa shape index (κ2) is 3.65. The summed E-state index contributed by atoms with van der Waals surface area (Å²) in [5.41, 5.74) is 0.739. The first kappa shape index (κ1) is 10.1. The molecule has 0 amide bonds. The van der Waals surface area contributed by atoms with Crippen LogP contribution in [0.25, 0.3) is 10.9 Å². The number of hydrogen-bond acceptors (Lipinski definition) is 3. The van der Waals surface area contributed by atoms with Gasteiger partial charge in [0.2, 0.25) is 5.88 Å². The lowest BCUT2D eigenvalue weighted by Crippen LogP contribution is -1.92. The van der Waals surface area contributed by atoms with E-state index < -0.39 is 7.60 Å². The summed E-state index contributed by atoms with van der Waals surface area (Å²) in [6.07, 6.45) is 0. The molecule has 0 fully saturated rings. The Morgan fingerprint density at radius 2 is 2.00 bits per heavy atom. The van der Waals surface area contributed by atoms with Gasteiger partial charge >= 0.3 is 7.60 Å². The number of nitrogens with zero attached hydrogens (tertiary/aromatic N) is 1. The van der Waals surface area contributed by atoms with Gasteiger partial charge in [-0.1, -0.05) is 18.2 Å². The van der Waals surface area contributed by atoms with Gasteiger partial charge in [0.25, 0.3) is 0 Å². The molecule has 4 nitrogen and oxygen atoms in total. The second-order valence-electron chi connectivity index (χ2n) is 3.24. The Bertz CT molecular complexity index is 535. The Hall–Kier alpha value is -1.38. The molecule has 2 aromatic rings. The zero-order valence-electron chi connectivity index (χ0n) is 8.12.